The van der Waals surface area contributed by atoms with E-state index in [0.717, 1.165) is 16.8 Å². The van der Waals surface area contributed by atoms with Crippen molar-refractivity contribution in [3.05, 3.63) is 95.6 Å². The van der Waals surface area contributed by atoms with Crippen LogP contribution in [0.25, 0.3) is 0 Å². The molecule has 0 spiro atoms. The zero-order valence-corrected chi connectivity index (χ0v) is 18.2. The Kier molecular flexibility index (Phi) is 5.65. The highest BCUT2D eigenvalue weighted by molar-refractivity contribution is 5.84. The molecule has 0 aliphatic carbocycles. The number of hydrogen-bond donors (Lipinski definition) is 3. The summed E-state index contributed by atoms with van der Waals surface area (Å²) in [7, 11) is 0. The molecule has 5 nitrogen and oxygen atoms in total. The first-order chi connectivity index (χ1) is 15.4. The Balaban J connectivity index is 1.77. The minimum absolute atomic E-state index is 0.143. The van der Waals surface area contributed by atoms with E-state index in [1.807, 2.05) is 79.4 Å². The van der Waals surface area contributed by atoms with Gasteiger partial charge in [-0.2, -0.15) is 0 Å². The number of aromatic hydroxyl groups is 3. The highest BCUT2D eigenvalue weighted by Crippen LogP contribution is 2.45. The van der Waals surface area contributed by atoms with Gasteiger partial charge >= 0.3 is 0 Å². The predicted octanol–water partition coefficient (Wildman–Crippen LogP) is 6.99. The van der Waals surface area contributed by atoms with Gasteiger partial charge in [0.15, 0.2) is 0 Å². The van der Waals surface area contributed by atoms with E-state index in [4.69, 9.17) is 4.74 Å². The maximum atomic E-state index is 10.8. The average Bonchev–Trinajstić information content (AvgIpc) is 2.78. The van der Waals surface area contributed by atoms with E-state index in [2.05, 4.69) is 0 Å². The van der Waals surface area contributed by atoms with Crippen LogP contribution >= 0.6 is 0 Å². The van der Waals surface area contributed by atoms with Crippen molar-refractivity contribution in [1.82, 2.24) is 0 Å². The first kappa shape index (κ1) is 21.1. The fraction of sp³-hybridized carbons (Fsp3) is 0.111. The summed E-state index contributed by atoms with van der Waals surface area (Å²) in [5.74, 6) is 1.63. The topological polar surface area (TPSA) is 73.2 Å². The van der Waals surface area contributed by atoms with Gasteiger partial charge < -0.3 is 25.0 Å². The summed E-state index contributed by atoms with van der Waals surface area (Å²) in [5.41, 5.74) is 3.99. The Morgan fingerprint density at radius 2 is 1.16 bits per heavy atom. The van der Waals surface area contributed by atoms with Gasteiger partial charge in [-0.1, -0.05) is 30.3 Å². The van der Waals surface area contributed by atoms with E-state index in [0.29, 0.717) is 28.4 Å². The molecule has 0 atom stereocenters. The highest BCUT2D eigenvalue weighted by atomic mass is 16.5. The van der Waals surface area contributed by atoms with Gasteiger partial charge in [0.05, 0.1) is 11.4 Å². The average molecular weight is 428 g/mol. The molecule has 0 radical (unpaired) electrons. The molecule has 32 heavy (non-hydrogen) atoms. The Bertz CT molecular complexity index is 1210. The van der Waals surface area contributed by atoms with Crippen LogP contribution in [0.2, 0.25) is 0 Å². The number of nitrogens with zero attached hydrogens (tertiary/aromatic N) is 1. The van der Waals surface area contributed by atoms with Gasteiger partial charge in [0, 0.05) is 11.3 Å². The maximum Gasteiger partial charge on any atom is 0.142 e. The Labute approximate surface area is 187 Å². The van der Waals surface area contributed by atoms with Crippen molar-refractivity contribution in [1.29, 1.82) is 0 Å². The molecule has 5 heteroatoms. The molecule has 0 unspecified atom stereocenters. The summed E-state index contributed by atoms with van der Waals surface area (Å²) >= 11 is 0. The van der Waals surface area contributed by atoms with Crippen LogP contribution in [0, 0.1) is 20.8 Å². The lowest BCUT2D eigenvalue weighted by Gasteiger charge is -2.27. The largest absolute Gasteiger partial charge is 0.508 e. The lowest BCUT2D eigenvalue weighted by atomic mass is 10.1. The van der Waals surface area contributed by atoms with E-state index < -0.39 is 0 Å². The molecule has 4 aromatic carbocycles. The number of phenolic OH excluding ortho intramolecular Hbond substituents is 3. The first-order valence-electron chi connectivity index (χ1n) is 10.3. The van der Waals surface area contributed by atoms with Crippen molar-refractivity contribution in [2.75, 3.05) is 4.90 Å². The van der Waals surface area contributed by atoms with Crippen LogP contribution in [-0.4, -0.2) is 15.3 Å². The Morgan fingerprint density at radius 1 is 0.625 bits per heavy atom. The van der Waals surface area contributed by atoms with Crippen molar-refractivity contribution in [2.24, 2.45) is 0 Å². The standard InChI is InChI=1S/C27H25NO4/c1-17-7-4-9-22(26(17)30)28(23-10-5-8-18(2)27(23)31)20-13-15-21(16-14-20)32-25-12-6-11-24(29)19(25)3/h4-16,29-31H,1-3H3. The SMILES string of the molecule is Cc1cccc(N(c2ccc(Oc3cccc(O)c3C)cc2)c2cccc(C)c2O)c1O. The number of hydrogen-bond acceptors (Lipinski definition) is 5. The van der Waals surface area contributed by atoms with Crippen molar-refractivity contribution in [2.45, 2.75) is 20.8 Å². The third-order valence-corrected chi connectivity index (χ3v) is 5.49. The minimum atomic E-state index is 0.143. The third kappa shape index (κ3) is 3.93. The molecule has 3 N–H and O–H groups in total. The zero-order chi connectivity index (χ0) is 22.8. The molecule has 0 aliphatic rings. The first-order valence-corrected chi connectivity index (χ1v) is 10.3. The highest BCUT2D eigenvalue weighted by Gasteiger charge is 2.20. The van der Waals surface area contributed by atoms with Gasteiger partial charge in [0.1, 0.15) is 28.7 Å². The van der Waals surface area contributed by atoms with Crippen LogP contribution in [0.15, 0.2) is 78.9 Å². The molecular formula is C27H25NO4. The summed E-state index contributed by atoms with van der Waals surface area (Å²) in [6, 6.07) is 23.5. The van der Waals surface area contributed by atoms with Crippen molar-refractivity contribution in [3.63, 3.8) is 0 Å². The minimum Gasteiger partial charge on any atom is -0.508 e. The molecule has 162 valence electrons. The molecule has 0 aromatic heterocycles. The second kappa shape index (κ2) is 8.55. The molecule has 0 aliphatic heterocycles. The van der Waals surface area contributed by atoms with Crippen molar-refractivity contribution in [3.8, 4) is 28.7 Å². The zero-order valence-electron chi connectivity index (χ0n) is 18.2. The molecule has 0 saturated heterocycles. The Hall–Kier alpha value is -4.12. The summed E-state index contributed by atoms with van der Waals surface area (Å²) < 4.78 is 5.94. The van der Waals surface area contributed by atoms with Gasteiger partial charge in [-0.05, 0) is 80.4 Å². The molecule has 0 saturated carbocycles. The van der Waals surface area contributed by atoms with Gasteiger partial charge in [-0.25, -0.2) is 0 Å². The molecule has 0 bridgehead atoms. The van der Waals surface area contributed by atoms with E-state index in [1.54, 1.807) is 25.1 Å². The fourth-order valence-corrected chi connectivity index (χ4v) is 3.56. The molecule has 4 aromatic rings. The normalized spacial score (nSPS) is 10.7. The fourth-order valence-electron chi connectivity index (χ4n) is 3.56. The number of ether oxygens (including phenoxy) is 1. The second-order valence-electron chi connectivity index (χ2n) is 7.72. The predicted molar refractivity (Wildman–Crippen MR) is 127 cm³/mol. The maximum absolute atomic E-state index is 10.8. The summed E-state index contributed by atoms with van der Waals surface area (Å²) in [6.45, 7) is 5.46. The van der Waals surface area contributed by atoms with Gasteiger partial charge in [0.25, 0.3) is 0 Å². The lowest BCUT2D eigenvalue weighted by molar-refractivity contribution is 0.448. The van der Waals surface area contributed by atoms with E-state index in [-0.39, 0.29) is 17.2 Å². The van der Waals surface area contributed by atoms with Crippen LogP contribution in [-0.2, 0) is 0 Å². The second-order valence-corrected chi connectivity index (χ2v) is 7.72. The van der Waals surface area contributed by atoms with Crippen molar-refractivity contribution < 1.29 is 20.1 Å². The number of aryl methyl sites for hydroxylation is 2. The lowest BCUT2D eigenvalue weighted by Crippen LogP contribution is -2.11. The van der Waals surface area contributed by atoms with E-state index >= 15 is 0 Å². The molecular weight excluding hydrogens is 402 g/mol. The van der Waals surface area contributed by atoms with Gasteiger partial charge in [0.2, 0.25) is 0 Å². The van der Waals surface area contributed by atoms with Crippen LogP contribution in [0.1, 0.15) is 16.7 Å². The molecule has 4 rings (SSSR count). The smallest absolute Gasteiger partial charge is 0.142 e. The van der Waals surface area contributed by atoms with Crippen molar-refractivity contribution >= 4 is 17.1 Å². The summed E-state index contributed by atoms with van der Waals surface area (Å²) in [5, 5.41) is 31.5. The molecule has 0 fully saturated rings. The van der Waals surface area contributed by atoms with E-state index in [9.17, 15) is 15.3 Å². The third-order valence-electron chi connectivity index (χ3n) is 5.49. The monoisotopic (exact) mass is 427 g/mol. The molecule has 0 amide bonds. The van der Waals surface area contributed by atoms with Crippen LogP contribution in [0.4, 0.5) is 17.1 Å². The van der Waals surface area contributed by atoms with Gasteiger partial charge in [-0.15, -0.1) is 0 Å². The number of anilines is 3. The number of rotatable bonds is 5. The number of para-hydroxylation sites is 2. The number of benzene rings is 4. The summed E-state index contributed by atoms with van der Waals surface area (Å²) in [6.07, 6.45) is 0. The van der Waals surface area contributed by atoms with Crippen LogP contribution in [0.3, 0.4) is 0 Å². The van der Waals surface area contributed by atoms with Crippen LogP contribution < -0.4 is 9.64 Å². The quantitative estimate of drug-likeness (QED) is 0.320. The van der Waals surface area contributed by atoms with Crippen LogP contribution in [0.5, 0.6) is 28.7 Å². The van der Waals surface area contributed by atoms with Gasteiger partial charge in [-0.3, -0.25) is 0 Å². The number of phenols is 3. The summed E-state index contributed by atoms with van der Waals surface area (Å²) in [4.78, 5) is 1.81. The molecule has 0 heterocycles. The van der Waals surface area contributed by atoms with E-state index in [1.165, 1.54) is 0 Å². The Morgan fingerprint density at radius 3 is 1.72 bits per heavy atom.